The van der Waals surface area contributed by atoms with Gasteiger partial charge in [0.15, 0.2) is 0 Å². The Bertz CT molecular complexity index is 1340. The highest BCUT2D eigenvalue weighted by Crippen LogP contribution is 2.26. The minimum Gasteiger partial charge on any atom is -0.497 e. The molecule has 0 saturated carbocycles. The van der Waals surface area contributed by atoms with E-state index in [4.69, 9.17) is 25.8 Å². The monoisotopic (exact) mass is 558 g/mol. The largest absolute Gasteiger partial charge is 0.497 e. The standard InChI is InChI=1S/C28H31ClN2O6S/c1-35-25-7-3-5-23(17-25)27(37-20-21-9-11-22(12-10-21)28(32)36-2)19-30-13-15-31(16-14-30)38(33,34)26-8-4-6-24(29)18-26/h3-12,17-18,27H,13-16,19-20H2,1-2H3/t27-/m1/s1. The van der Waals surface area contributed by atoms with E-state index in [-0.39, 0.29) is 17.0 Å². The molecule has 0 aromatic heterocycles. The molecular weight excluding hydrogens is 528 g/mol. The summed E-state index contributed by atoms with van der Waals surface area (Å²) in [5, 5.41) is 0.392. The van der Waals surface area contributed by atoms with Gasteiger partial charge in [-0.25, -0.2) is 13.2 Å². The molecule has 4 rings (SSSR count). The van der Waals surface area contributed by atoms with Gasteiger partial charge in [-0.3, -0.25) is 4.90 Å². The first-order valence-corrected chi connectivity index (χ1v) is 14.0. The highest BCUT2D eigenvalue weighted by Gasteiger charge is 2.30. The number of rotatable bonds is 10. The fourth-order valence-corrected chi connectivity index (χ4v) is 6.03. The quantitative estimate of drug-likeness (QED) is 0.341. The number of nitrogens with zero attached hydrogens (tertiary/aromatic N) is 2. The molecule has 3 aromatic rings. The van der Waals surface area contributed by atoms with Gasteiger partial charge in [0.05, 0.1) is 37.4 Å². The van der Waals surface area contributed by atoms with E-state index >= 15 is 0 Å². The molecule has 0 bridgehead atoms. The van der Waals surface area contributed by atoms with Gasteiger partial charge in [-0.2, -0.15) is 4.31 Å². The highest BCUT2D eigenvalue weighted by molar-refractivity contribution is 7.89. The van der Waals surface area contributed by atoms with Gasteiger partial charge in [-0.1, -0.05) is 41.9 Å². The molecule has 1 atom stereocenters. The molecule has 1 aliphatic rings. The molecule has 0 amide bonds. The van der Waals surface area contributed by atoms with Gasteiger partial charge in [-0.15, -0.1) is 0 Å². The molecule has 0 radical (unpaired) electrons. The first-order chi connectivity index (χ1) is 18.3. The van der Waals surface area contributed by atoms with Crippen LogP contribution in [0.3, 0.4) is 0 Å². The molecular formula is C28H31ClN2O6S. The predicted molar refractivity (Wildman–Crippen MR) is 145 cm³/mol. The van der Waals surface area contributed by atoms with Crippen LogP contribution in [0.4, 0.5) is 0 Å². The van der Waals surface area contributed by atoms with Crippen molar-refractivity contribution in [3.8, 4) is 5.75 Å². The van der Waals surface area contributed by atoms with Crippen LogP contribution >= 0.6 is 11.6 Å². The molecule has 8 nitrogen and oxygen atoms in total. The van der Waals surface area contributed by atoms with Crippen molar-refractivity contribution in [3.05, 3.63) is 94.5 Å². The Morgan fingerprint density at radius 1 is 0.947 bits per heavy atom. The third kappa shape index (κ3) is 6.92. The Balaban J connectivity index is 1.43. The number of benzene rings is 3. The normalized spacial score (nSPS) is 15.7. The van der Waals surface area contributed by atoms with Gasteiger partial charge in [0.25, 0.3) is 0 Å². The van der Waals surface area contributed by atoms with Crippen molar-refractivity contribution >= 4 is 27.6 Å². The summed E-state index contributed by atoms with van der Waals surface area (Å²) in [5.41, 5.74) is 2.36. The van der Waals surface area contributed by atoms with Crippen LogP contribution in [0.2, 0.25) is 5.02 Å². The molecule has 10 heteroatoms. The molecule has 1 fully saturated rings. The van der Waals surface area contributed by atoms with E-state index in [0.717, 1.165) is 16.9 Å². The first kappa shape index (κ1) is 28.1. The van der Waals surface area contributed by atoms with Crippen LogP contribution in [-0.2, 0) is 26.1 Å². The fraction of sp³-hybridized carbons (Fsp3) is 0.321. The maximum Gasteiger partial charge on any atom is 0.337 e. The highest BCUT2D eigenvalue weighted by atomic mass is 35.5. The van der Waals surface area contributed by atoms with Crippen LogP contribution in [0.15, 0.2) is 77.7 Å². The van der Waals surface area contributed by atoms with Crippen LogP contribution in [0.25, 0.3) is 0 Å². The van der Waals surface area contributed by atoms with E-state index in [2.05, 4.69) is 4.90 Å². The number of carbonyl (C=O) groups excluding carboxylic acids is 1. The fourth-order valence-electron chi connectivity index (χ4n) is 4.31. The van der Waals surface area contributed by atoms with Crippen LogP contribution in [0, 0.1) is 0 Å². The van der Waals surface area contributed by atoms with Crippen molar-refractivity contribution in [1.82, 2.24) is 9.21 Å². The van der Waals surface area contributed by atoms with Gasteiger partial charge in [-0.05, 0) is 53.6 Å². The number of hydrogen-bond acceptors (Lipinski definition) is 7. The zero-order chi connectivity index (χ0) is 27.1. The van der Waals surface area contributed by atoms with Gasteiger partial charge >= 0.3 is 5.97 Å². The number of methoxy groups -OCH3 is 2. The third-order valence-electron chi connectivity index (χ3n) is 6.48. The topological polar surface area (TPSA) is 85.4 Å². The van der Waals surface area contributed by atoms with Gasteiger partial charge < -0.3 is 14.2 Å². The van der Waals surface area contributed by atoms with Gasteiger partial charge in [0, 0.05) is 37.7 Å². The SMILES string of the molecule is COC(=O)c1ccc(CO[C@H](CN2CCN(S(=O)(=O)c3cccc(Cl)c3)CC2)c2cccc(OC)c2)cc1. The summed E-state index contributed by atoms with van der Waals surface area (Å²) in [4.78, 5) is 14.1. The number of sulfonamides is 1. The molecule has 1 saturated heterocycles. The molecule has 0 N–H and O–H groups in total. The number of esters is 1. The minimum absolute atomic E-state index is 0.203. The zero-order valence-corrected chi connectivity index (χ0v) is 23.0. The summed E-state index contributed by atoms with van der Waals surface area (Å²) in [6.07, 6.45) is -0.276. The van der Waals surface area contributed by atoms with Crippen molar-refractivity contribution in [2.45, 2.75) is 17.6 Å². The Kier molecular flexibility index (Phi) is 9.40. The van der Waals surface area contributed by atoms with Crippen LogP contribution in [-0.4, -0.2) is 70.5 Å². The first-order valence-electron chi connectivity index (χ1n) is 12.2. The molecule has 38 heavy (non-hydrogen) atoms. The summed E-state index contributed by atoms with van der Waals surface area (Å²) in [7, 11) is -0.640. The third-order valence-corrected chi connectivity index (χ3v) is 8.61. The second-order valence-electron chi connectivity index (χ2n) is 8.93. The van der Waals surface area contributed by atoms with Crippen molar-refractivity contribution in [2.24, 2.45) is 0 Å². The molecule has 3 aromatic carbocycles. The second-order valence-corrected chi connectivity index (χ2v) is 11.3. The van der Waals surface area contributed by atoms with Crippen LogP contribution in [0.1, 0.15) is 27.6 Å². The van der Waals surface area contributed by atoms with Crippen LogP contribution in [0.5, 0.6) is 5.75 Å². The number of hydrogen-bond donors (Lipinski definition) is 0. The maximum absolute atomic E-state index is 13.1. The Morgan fingerprint density at radius 3 is 2.32 bits per heavy atom. The summed E-state index contributed by atoms with van der Waals surface area (Å²) >= 11 is 6.02. The summed E-state index contributed by atoms with van der Waals surface area (Å²) in [5.74, 6) is 0.346. The Hall–Kier alpha value is -2.95. The van der Waals surface area contributed by atoms with Gasteiger partial charge in [0.2, 0.25) is 10.0 Å². The lowest BCUT2D eigenvalue weighted by atomic mass is 10.1. The lowest BCUT2D eigenvalue weighted by molar-refractivity contribution is 0.00761. The predicted octanol–water partition coefficient (Wildman–Crippen LogP) is 4.40. The van der Waals surface area contributed by atoms with E-state index in [1.54, 1.807) is 37.4 Å². The van der Waals surface area contributed by atoms with Crippen molar-refractivity contribution in [2.75, 3.05) is 46.9 Å². The van der Waals surface area contributed by atoms with E-state index in [1.807, 2.05) is 36.4 Å². The van der Waals surface area contributed by atoms with Crippen molar-refractivity contribution in [1.29, 1.82) is 0 Å². The number of carbonyl (C=O) groups is 1. The van der Waals surface area contributed by atoms with Crippen molar-refractivity contribution < 1.29 is 27.4 Å². The van der Waals surface area contributed by atoms with E-state index < -0.39 is 10.0 Å². The zero-order valence-electron chi connectivity index (χ0n) is 21.4. The molecule has 0 aliphatic carbocycles. The molecule has 202 valence electrons. The lowest BCUT2D eigenvalue weighted by Crippen LogP contribution is -2.49. The molecule has 0 unspecified atom stereocenters. The van der Waals surface area contributed by atoms with Crippen molar-refractivity contribution in [3.63, 3.8) is 0 Å². The maximum atomic E-state index is 13.1. The Morgan fingerprint density at radius 2 is 1.66 bits per heavy atom. The smallest absolute Gasteiger partial charge is 0.337 e. The number of piperazine rings is 1. The second kappa shape index (κ2) is 12.7. The Labute approximate surface area is 228 Å². The molecule has 1 aliphatic heterocycles. The lowest BCUT2D eigenvalue weighted by Gasteiger charge is -2.36. The molecule has 1 heterocycles. The summed E-state index contributed by atoms with van der Waals surface area (Å²) < 4.78 is 44.2. The van der Waals surface area contributed by atoms with Gasteiger partial charge in [0.1, 0.15) is 5.75 Å². The summed E-state index contributed by atoms with van der Waals surface area (Å²) in [6, 6.07) is 21.2. The van der Waals surface area contributed by atoms with Crippen LogP contribution < -0.4 is 4.74 Å². The minimum atomic E-state index is -3.61. The molecule has 0 spiro atoms. The number of halogens is 1. The number of ether oxygens (including phenoxy) is 3. The average molecular weight is 559 g/mol. The summed E-state index contributed by atoms with van der Waals surface area (Å²) in [6.45, 7) is 2.79. The van der Waals surface area contributed by atoms with E-state index in [1.165, 1.54) is 17.5 Å². The van der Waals surface area contributed by atoms with E-state index in [9.17, 15) is 13.2 Å². The van der Waals surface area contributed by atoms with E-state index in [0.29, 0.717) is 49.9 Å². The average Bonchev–Trinajstić information content (AvgIpc) is 2.95.